The fourth-order valence-corrected chi connectivity index (χ4v) is 1.56. The quantitative estimate of drug-likeness (QED) is 0.324. The summed E-state index contributed by atoms with van der Waals surface area (Å²) in [6.45, 7) is 13.3. The highest BCUT2D eigenvalue weighted by atomic mass is 16.7. The van der Waals surface area contributed by atoms with Crippen LogP contribution in [0.2, 0.25) is 0 Å². The number of rotatable bonds is 10. The molecule has 0 N–H and O–H groups in total. The first-order valence-corrected chi connectivity index (χ1v) is 6.83. The first kappa shape index (κ1) is 17.1. The average Bonchev–Trinajstić information content (AvgIpc) is 2.37. The summed E-state index contributed by atoms with van der Waals surface area (Å²) in [7, 11) is 0. The number of ether oxygens (including phenoxy) is 2. The highest BCUT2D eigenvalue weighted by Gasteiger charge is 2.15. The average molecular weight is 252 g/mol. The van der Waals surface area contributed by atoms with Crippen molar-refractivity contribution in [2.75, 3.05) is 13.2 Å². The van der Waals surface area contributed by atoms with Crippen LogP contribution in [0.1, 0.15) is 40.5 Å². The lowest BCUT2D eigenvalue weighted by molar-refractivity contribution is -0.162. The number of allylic oxidation sites excluding steroid dienone is 5. The Labute approximate surface area is 112 Å². The second-order valence-electron chi connectivity index (χ2n) is 4.35. The Morgan fingerprint density at radius 1 is 1.17 bits per heavy atom. The van der Waals surface area contributed by atoms with Gasteiger partial charge in [0.25, 0.3) is 0 Å². The molecule has 1 unspecified atom stereocenters. The Hall–Kier alpha value is -0.860. The maximum atomic E-state index is 5.58. The molecule has 0 aromatic heterocycles. The van der Waals surface area contributed by atoms with E-state index in [2.05, 4.69) is 38.7 Å². The molecule has 1 atom stereocenters. The summed E-state index contributed by atoms with van der Waals surface area (Å²) in [6.07, 6.45) is 10.3. The van der Waals surface area contributed by atoms with Crippen molar-refractivity contribution in [2.45, 2.75) is 46.8 Å². The van der Waals surface area contributed by atoms with E-state index in [9.17, 15) is 0 Å². The topological polar surface area (TPSA) is 18.5 Å². The fourth-order valence-electron chi connectivity index (χ4n) is 1.56. The SMILES string of the molecule is C=CC(C)=CCC=CCC(C)C(OCC)OCC. The van der Waals surface area contributed by atoms with E-state index in [1.165, 1.54) is 5.57 Å². The van der Waals surface area contributed by atoms with Crippen molar-refractivity contribution >= 4 is 0 Å². The molecule has 0 aromatic carbocycles. The third-order valence-electron chi connectivity index (χ3n) is 2.70. The van der Waals surface area contributed by atoms with E-state index in [1.807, 2.05) is 19.9 Å². The number of hydrogen-bond acceptors (Lipinski definition) is 2. The third kappa shape index (κ3) is 8.26. The zero-order valence-corrected chi connectivity index (χ0v) is 12.3. The summed E-state index contributed by atoms with van der Waals surface area (Å²) >= 11 is 0. The number of hydrogen-bond donors (Lipinski definition) is 0. The van der Waals surface area contributed by atoms with Gasteiger partial charge >= 0.3 is 0 Å². The van der Waals surface area contributed by atoms with Crippen molar-refractivity contribution in [3.63, 3.8) is 0 Å². The molecule has 0 saturated heterocycles. The smallest absolute Gasteiger partial charge is 0.160 e. The maximum Gasteiger partial charge on any atom is 0.160 e. The zero-order chi connectivity index (χ0) is 13.8. The van der Waals surface area contributed by atoms with Crippen molar-refractivity contribution in [1.82, 2.24) is 0 Å². The van der Waals surface area contributed by atoms with Crippen LogP contribution in [0.5, 0.6) is 0 Å². The van der Waals surface area contributed by atoms with Crippen LogP contribution in [0.25, 0.3) is 0 Å². The van der Waals surface area contributed by atoms with Gasteiger partial charge in [-0.3, -0.25) is 0 Å². The summed E-state index contributed by atoms with van der Waals surface area (Å²) in [5.41, 5.74) is 1.22. The van der Waals surface area contributed by atoms with Crippen molar-refractivity contribution in [3.8, 4) is 0 Å². The minimum Gasteiger partial charge on any atom is -0.353 e. The summed E-state index contributed by atoms with van der Waals surface area (Å²) in [4.78, 5) is 0. The first-order valence-electron chi connectivity index (χ1n) is 6.83. The second-order valence-corrected chi connectivity index (χ2v) is 4.35. The zero-order valence-electron chi connectivity index (χ0n) is 12.3. The monoisotopic (exact) mass is 252 g/mol. The van der Waals surface area contributed by atoms with Gasteiger partial charge in [-0.2, -0.15) is 0 Å². The Bertz CT molecular complexity index is 260. The van der Waals surface area contributed by atoms with E-state index >= 15 is 0 Å². The Kier molecular flexibility index (Phi) is 10.7. The third-order valence-corrected chi connectivity index (χ3v) is 2.70. The highest BCUT2D eigenvalue weighted by molar-refractivity contribution is 5.14. The predicted octanol–water partition coefficient (Wildman–Crippen LogP) is 4.49. The highest BCUT2D eigenvalue weighted by Crippen LogP contribution is 2.14. The Morgan fingerprint density at radius 3 is 2.28 bits per heavy atom. The lowest BCUT2D eigenvalue weighted by atomic mass is 10.1. The molecule has 0 radical (unpaired) electrons. The Morgan fingerprint density at radius 2 is 1.78 bits per heavy atom. The molecule has 0 heterocycles. The molecule has 0 aliphatic carbocycles. The van der Waals surface area contributed by atoms with Crippen molar-refractivity contribution < 1.29 is 9.47 Å². The van der Waals surface area contributed by atoms with Crippen LogP contribution >= 0.6 is 0 Å². The van der Waals surface area contributed by atoms with Gasteiger partial charge in [0.15, 0.2) is 6.29 Å². The first-order chi connectivity index (χ1) is 8.65. The van der Waals surface area contributed by atoms with Gasteiger partial charge in [0.05, 0.1) is 0 Å². The van der Waals surface area contributed by atoms with Gasteiger partial charge in [0.1, 0.15) is 0 Å². The summed E-state index contributed by atoms with van der Waals surface area (Å²) < 4.78 is 11.2. The molecule has 0 amide bonds. The molecule has 2 heteroatoms. The lowest BCUT2D eigenvalue weighted by Crippen LogP contribution is -2.25. The van der Waals surface area contributed by atoms with E-state index < -0.39 is 0 Å². The molecular formula is C16H28O2. The predicted molar refractivity (Wildman–Crippen MR) is 78.5 cm³/mol. The molecule has 0 spiro atoms. The van der Waals surface area contributed by atoms with Crippen LogP contribution in [-0.4, -0.2) is 19.5 Å². The van der Waals surface area contributed by atoms with Crippen LogP contribution in [0.15, 0.2) is 36.5 Å². The van der Waals surface area contributed by atoms with Gasteiger partial charge in [0, 0.05) is 19.1 Å². The van der Waals surface area contributed by atoms with E-state index in [1.54, 1.807) is 0 Å². The van der Waals surface area contributed by atoms with Gasteiger partial charge in [-0.25, -0.2) is 0 Å². The molecule has 0 fully saturated rings. The molecular weight excluding hydrogens is 224 g/mol. The molecule has 18 heavy (non-hydrogen) atoms. The minimum absolute atomic E-state index is 0.0879. The van der Waals surface area contributed by atoms with E-state index in [0.29, 0.717) is 19.1 Å². The van der Waals surface area contributed by atoms with Crippen molar-refractivity contribution in [1.29, 1.82) is 0 Å². The van der Waals surface area contributed by atoms with Crippen molar-refractivity contribution in [3.05, 3.63) is 36.5 Å². The normalized spacial score (nSPS) is 14.4. The molecule has 0 rings (SSSR count). The van der Waals surface area contributed by atoms with Crippen LogP contribution < -0.4 is 0 Å². The molecule has 104 valence electrons. The maximum absolute atomic E-state index is 5.58. The van der Waals surface area contributed by atoms with Gasteiger partial charge < -0.3 is 9.47 Å². The summed E-state index contributed by atoms with van der Waals surface area (Å²) in [5, 5.41) is 0. The molecule has 2 nitrogen and oxygen atoms in total. The van der Waals surface area contributed by atoms with Gasteiger partial charge in [0.2, 0.25) is 0 Å². The van der Waals surface area contributed by atoms with Crippen LogP contribution in [0, 0.1) is 5.92 Å². The summed E-state index contributed by atoms with van der Waals surface area (Å²) in [6, 6.07) is 0. The van der Waals surface area contributed by atoms with Gasteiger partial charge in [-0.05, 0) is 33.6 Å². The standard InChI is InChI=1S/C16H28O2/c1-6-14(4)12-10-9-11-13-15(5)16(17-7-2)18-8-3/h6,9,11-12,15-16H,1,7-8,10,13H2,2-5H3. The lowest BCUT2D eigenvalue weighted by Gasteiger charge is -2.22. The van der Waals surface area contributed by atoms with Crippen molar-refractivity contribution in [2.24, 2.45) is 5.92 Å². The van der Waals surface area contributed by atoms with Crippen LogP contribution in [0.4, 0.5) is 0 Å². The van der Waals surface area contributed by atoms with E-state index in [4.69, 9.17) is 9.47 Å². The minimum atomic E-state index is -0.0879. The van der Waals surface area contributed by atoms with E-state index in [-0.39, 0.29) is 6.29 Å². The molecule has 0 aliphatic heterocycles. The largest absolute Gasteiger partial charge is 0.353 e. The van der Waals surface area contributed by atoms with Gasteiger partial charge in [-0.15, -0.1) is 0 Å². The van der Waals surface area contributed by atoms with Crippen LogP contribution in [0.3, 0.4) is 0 Å². The molecule has 0 saturated carbocycles. The van der Waals surface area contributed by atoms with E-state index in [0.717, 1.165) is 12.8 Å². The second kappa shape index (κ2) is 11.2. The fraction of sp³-hybridized carbons (Fsp3) is 0.625. The molecule has 0 bridgehead atoms. The Balaban J connectivity index is 4.01. The molecule has 0 aliphatic rings. The summed E-state index contributed by atoms with van der Waals surface area (Å²) in [5.74, 6) is 0.380. The van der Waals surface area contributed by atoms with Gasteiger partial charge in [-0.1, -0.05) is 43.4 Å². The van der Waals surface area contributed by atoms with Crippen LogP contribution in [-0.2, 0) is 9.47 Å². The molecule has 0 aromatic rings.